The zero-order chi connectivity index (χ0) is 16.4. The summed E-state index contributed by atoms with van der Waals surface area (Å²) in [6.45, 7) is 1.72. The molecule has 7 heteroatoms. The van der Waals surface area contributed by atoms with E-state index in [0.717, 1.165) is 0 Å². The van der Waals surface area contributed by atoms with Crippen molar-refractivity contribution in [3.63, 3.8) is 0 Å². The van der Waals surface area contributed by atoms with Gasteiger partial charge in [0.05, 0.1) is 22.1 Å². The van der Waals surface area contributed by atoms with Crippen LogP contribution in [0.15, 0.2) is 48.5 Å². The Kier molecular flexibility index (Phi) is 4.32. The van der Waals surface area contributed by atoms with E-state index in [1.807, 2.05) is 0 Å². The van der Waals surface area contributed by atoms with Crippen molar-refractivity contribution in [1.82, 2.24) is 15.0 Å². The molecule has 0 aliphatic rings. The molecule has 2 aromatic carbocycles. The molecule has 1 heterocycles. The van der Waals surface area contributed by atoms with Gasteiger partial charge < -0.3 is 5.32 Å². The van der Waals surface area contributed by atoms with Gasteiger partial charge in [-0.15, -0.1) is 5.10 Å². The largest absolute Gasteiger partial charge is 0.319 e. The number of carbonyl (C=O) groups is 1. The molecule has 0 bridgehead atoms. The maximum atomic E-state index is 12.4. The van der Waals surface area contributed by atoms with Crippen LogP contribution in [-0.2, 0) is 0 Å². The fourth-order valence-electron chi connectivity index (χ4n) is 2.05. The van der Waals surface area contributed by atoms with Gasteiger partial charge in [0, 0.05) is 5.02 Å². The topological polar surface area (TPSA) is 59.8 Å². The van der Waals surface area contributed by atoms with Crippen molar-refractivity contribution < 1.29 is 4.79 Å². The van der Waals surface area contributed by atoms with E-state index >= 15 is 0 Å². The first kappa shape index (κ1) is 15.5. The van der Waals surface area contributed by atoms with Gasteiger partial charge >= 0.3 is 0 Å². The lowest BCUT2D eigenvalue weighted by atomic mass is 10.3. The minimum Gasteiger partial charge on any atom is -0.319 e. The summed E-state index contributed by atoms with van der Waals surface area (Å²) in [6.07, 6.45) is 0. The molecule has 0 spiro atoms. The Morgan fingerprint density at radius 2 is 1.87 bits per heavy atom. The number of aromatic nitrogens is 3. The zero-order valence-corrected chi connectivity index (χ0v) is 13.6. The first-order valence-electron chi connectivity index (χ1n) is 6.80. The number of carbonyl (C=O) groups excluding carboxylic acids is 1. The maximum absolute atomic E-state index is 12.4. The van der Waals surface area contributed by atoms with E-state index in [9.17, 15) is 4.79 Å². The molecule has 0 aliphatic heterocycles. The molecule has 0 saturated carbocycles. The molecule has 5 nitrogen and oxygen atoms in total. The smallest absolute Gasteiger partial charge is 0.278 e. The molecular weight excluding hydrogens is 335 g/mol. The average Bonchev–Trinajstić information content (AvgIpc) is 2.92. The molecular formula is C16H12Cl2N4O. The highest BCUT2D eigenvalue weighted by Crippen LogP contribution is 2.21. The van der Waals surface area contributed by atoms with Crippen molar-refractivity contribution in [2.45, 2.75) is 6.92 Å². The van der Waals surface area contributed by atoms with E-state index in [0.29, 0.717) is 27.1 Å². The van der Waals surface area contributed by atoms with Crippen molar-refractivity contribution in [2.24, 2.45) is 0 Å². The highest BCUT2D eigenvalue weighted by molar-refractivity contribution is 6.33. The molecule has 0 saturated heterocycles. The summed E-state index contributed by atoms with van der Waals surface area (Å²) in [5.74, 6) is -0.371. The Hall–Kier alpha value is -2.37. The number of hydrogen-bond acceptors (Lipinski definition) is 3. The molecule has 1 aromatic heterocycles. The average molecular weight is 347 g/mol. The van der Waals surface area contributed by atoms with Crippen molar-refractivity contribution in [3.05, 3.63) is 70.0 Å². The number of halogens is 2. The third-order valence-corrected chi connectivity index (χ3v) is 3.72. The van der Waals surface area contributed by atoms with Gasteiger partial charge in [0.25, 0.3) is 5.91 Å². The van der Waals surface area contributed by atoms with Crippen LogP contribution in [0.2, 0.25) is 10.0 Å². The van der Waals surface area contributed by atoms with Crippen LogP contribution in [0.25, 0.3) is 5.69 Å². The monoisotopic (exact) mass is 346 g/mol. The first-order valence-corrected chi connectivity index (χ1v) is 7.56. The van der Waals surface area contributed by atoms with E-state index in [2.05, 4.69) is 15.5 Å². The molecule has 0 atom stereocenters. The number of nitrogens with one attached hydrogen (secondary N) is 1. The quantitative estimate of drug-likeness (QED) is 0.775. The summed E-state index contributed by atoms with van der Waals surface area (Å²) < 4.78 is 0. The van der Waals surface area contributed by atoms with Gasteiger partial charge in [-0.3, -0.25) is 4.79 Å². The van der Waals surface area contributed by atoms with Crippen LogP contribution < -0.4 is 5.32 Å². The second-order valence-electron chi connectivity index (χ2n) is 4.84. The third-order valence-electron chi connectivity index (χ3n) is 3.16. The van der Waals surface area contributed by atoms with Crippen molar-refractivity contribution in [3.8, 4) is 5.69 Å². The van der Waals surface area contributed by atoms with Gasteiger partial charge in [-0.05, 0) is 37.3 Å². The van der Waals surface area contributed by atoms with E-state index in [1.54, 1.807) is 55.5 Å². The van der Waals surface area contributed by atoms with Gasteiger partial charge in [-0.2, -0.15) is 9.90 Å². The van der Waals surface area contributed by atoms with E-state index in [1.165, 1.54) is 4.80 Å². The second-order valence-corrected chi connectivity index (χ2v) is 5.68. The Balaban J connectivity index is 1.89. The molecule has 116 valence electrons. The zero-order valence-electron chi connectivity index (χ0n) is 12.1. The van der Waals surface area contributed by atoms with Gasteiger partial charge in [0.15, 0.2) is 5.69 Å². The third kappa shape index (κ3) is 3.36. The van der Waals surface area contributed by atoms with Crippen LogP contribution in [-0.4, -0.2) is 20.9 Å². The molecule has 23 heavy (non-hydrogen) atoms. The summed E-state index contributed by atoms with van der Waals surface area (Å²) in [5, 5.41) is 12.3. The molecule has 1 amide bonds. The summed E-state index contributed by atoms with van der Waals surface area (Å²) in [5.41, 5.74) is 1.94. The summed E-state index contributed by atoms with van der Waals surface area (Å²) in [6, 6.07) is 14.1. The number of aryl methyl sites for hydroxylation is 1. The van der Waals surface area contributed by atoms with Gasteiger partial charge in [0.1, 0.15) is 0 Å². The minimum absolute atomic E-state index is 0.227. The fourth-order valence-corrected chi connectivity index (χ4v) is 2.42. The Labute approximate surface area is 142 Å². The number of benzene rings is 2. The Bertz CT molecular complexity index is 876. The molecule has 0 fully saturated rings. The highest BCUT2D eigenvalue weighted by Gasteiger charge is 2.17. The number of rotatable bonds is 3. The lowest BCUT2D eigenvalue weighted by molar-refractivity contribution is 0.102. The standard InChI is InChI=1S/C16H12Cl2N4O/c1-10-15(16(23)19-14-8-3-2-7-13(14)18)21-22(20-10)12-6-4-5-11(17)9-12/h2-9H,1H3,(H,19,23). The minimum atomic E-state index is -0.371. The molecule has 3 aromatic rings. The number of nitrogens with zero attached hydrogens (tertiary/aromatic N) is 3. The van der Waals surface area contributed by atoms with Crippen LogP contribution in [0.5, 0.6) is 0 Å². The predicted molar refractivity (Wildman–Crippen MR) is 90.5 cm³/mol. The second kappa shape index (κ2) is 6.40. The van der Waals surface area contributed by atoms with Gasteiger partial charge in [-0.1, -0.05) is 41.4 Å². The van der Waals surface area contributed by atoms with E-state index in [-0.39, 0.29) is 11.6 Å². The van der Waals surface area contributed by atoms with Crippen LogP contribution in [0.4, 0.5) is 5.69 Å². The molecule has 0 aliphatic carbocycles. The summed E-state index contributed by atoms with van der Waals surface area (Å²) >= 11 is 12.0. The van der Waals surface area contributed by atoms with Crippen molar-refractivity contribution >= 4 is 34.8 Å². The van der Waals surface area contributed by atoms with Crippen LogP contribution in [0.3, 0.4) is 0 Å². The van der Waals surface area contributed by atoms with Crippen LogP contribution >= 0.6 is 23.2 Å². The normalized spacial score (nSPS) is 10.6. The Morgan fingerprint density at radius 3 is 2.61 bits per heavy atom. The van der Waals surface area contributed by atoms with Gasteiger partial charge in [0.2, 0.25) is 0 Å². The Morgan fingerprint density at radius 1 is 1.09 bits per heavy atom. The first-order chi connectivity index (χ1) is 11.0. The molecule has 0 radical (unpaired) electrons. The molecule has 3 rings (SSSR count). The highest BCUT2D eigenvalue weighted by atomic mass is 35.5. The SMILES string of the molecule is Cc1nn(-c2cccc(Cl)c2)nc1C(=O)Nc1ccccc1Cl. The number of amides is 1. The summed E-state index contributed by atoms with van der Waals surface area (Å²) in [4.78, 5) is 13.8. The molecule has 0 unspecified atom stereocenters. The molecule has 1 N–H and O–H groups in total. The van der Waals surface area contributed by atoms with Crippen LogP contribution in [0, 0.1) is 6.92 Å². The number of para-hydroxylation sites is 1. The maximum Gasteiger partial charge on any atom is 0.278 e. The van der Waals surface area contributed by atoms with Crippen molar-refractivity contribution in [1.29, 1.82) is 0 Å². The van der Waals surface area contributed by atoms with E-state index in [4.69, 9.17) is 23.2 Å². The van der Waals surface area contributed by atoms with Crippen molar-refractivity contribution in [2.75, 3.05) is 5.32 Å². The lowest BCUT2D eigenvalue weighted by Gasteiger charge is -2.05. The lowest BCUT2D eigenvalue weighted by Crippen LogP contribution is -2.14. The summed E-state index contributed by atoms with van der Waals surface area (Å²) in [7, 11) is 0. The predicted octanol–water partition coefficient (Wildman–Crippen LogP) is 4.13. The van der Waals surface area contributed by atoms with Crippen LogP contribution in [0.1, 0.15) is 16.2 Å². The van der Waals surface area contributed by atoms with Gasteiger partial charge in [-0.25, -0.2) is 0 Å². The number of hydrogen-bond donors (Lipinski definition) is 1. The fraction of sp³-hybridized carbons (Fsp3) is 0.0625. The van der Waals surface area contributed by atoms with E-state index < -0.39 is 0 Å². The number of anilines is 1.